The van der Waals surface area contributed by atoms with Crippen LogP contribution in [0, 0.1) is 15.5 Å². The van der Waals surface area contributed by atoms with Crippen LogP contribution in [0.25, 0.3) is 0 Å². The molecular weight excluding hydrogens is 528 g/mol. The number of carbonyl (C=O) groups excluding carboxylic acids is 4. The van der Waals surface area contributed by atoms with Crippen molar-refractivity contribution in [2.75, 3.05) is 11.5 Å². The van der Waals surface area contributed by atoms with E-state index < -0.39 is 50.3 Å². The van der Waals surface area contributed by atoms with E-state index in [0.29, 0.717) is 12.2 Å². The van der Waals surface area contributed by atoms with Gasteiger partial charge in [0.25, 0.3) is 27.6 Å². The zero-order valence-corrected chi connectivity index (χ0v) is 20.2. The second-order valence-electron chi connectivity index (χ2n) is 6.80. The van der Waals surface area contributed by atoms with E-state index in [1.165, 1.54) is 33.7 Å². The second kappa shape index (κ2) is 12.6. The number of nitro benzene ring substituents is 1. The fraction of sp³-hybridized carbons (Fsp3) is 0.389. The third-order valence-corrected chi connectivity index (χ3v) is 7.96. The number of hydroxylamine groups is 2. The largest absolute Gasteiger partial charge is 0.334 e. The van der Waals surface area contributed by atoms with Crippen molar-refractivity contribution in [3.63, 3.8) is 0 Å². The standard InChI is InChI=1S/C18H18N4O10S3/c19-10-20-11-3-4-13(22(27)28)12(8-11)14(23)2-1-6-33-34-7-5-17(25)32-21-16(24)9-15(18(21)26)35(29,30)31/h3-4,8,15,19H,1-2,5-7,9H2,(H,29,30,31). The summed E-state index contributed by atoms with van der Waals surface area (Å²) >= 11 is 0. The first-order valence-corrected chi connectivity index (χ1v) is 13.7. The van der Waals surface area contributed by atoms with Crippen molar-refractivity contribution in [2.45, 2.75) is 30.9 Å². The predicted molar refractivity (Wildman–Crippen MR) is 124 cm³/mol. The molecule has 0 saturated carbocycles. The van der Waals surface area contributed by atoms with Gasteiger partial charge in [-0.05, 0) is 18.6 Å². The zero-order valence-electron chi connectivity index (χ0n) is 17.7. The van der Waals surface area contributed by atoms with E-state index in [2.05, 4.69) is 9.83 Å². The molecule has 1 fully saturated rings. The molecule has 1 atom stereocenters. The van der Waals surface area contributed by atoms with Crippen molar-refractivity contribution in [2.24, 2.45) is 4.99 Å². The Morgan fingerprint density at radius 3 is 2.57 bits per heavy atom. The van der Waals surface area contributed by atoms with Crippen LogP contribution in [0.3, 0.4) is 0 Å². The van der Waals surface area contributed by atoms with Gasteiger partial charge in [-0.15, -0.1) is 5.06 Å². The van der Waals surface area contributed by atoms with Gasteiger partial charge in [-0.25, -0.2) is 10.2 Å². The molecule has 1 aliphatic rings. The molecule has 1 unspecified atom stereocenters. The predicted octanol–water partition coefficient (Wildman–Crippen LogP) is 2.19. The monoisotopic (exact) mass is 546 g/mol. The van der Waals surface area contributed by atoms with Gasteiger partial charge in [-0.2, -0.15) is 13.4 Å². The Morgan fingerprint density at radius 2 is 1.97 bits per heavy atom. The Labute approximate surface area is 206 Å². The highest BCUT2D eigenvalue weighted by Gasteiger charge is 2.48. The van der Waals surface area contributed by atoms with E-state index >= 15 is 0 Å². The molecule has 188 valence electrons. The number of imide groups is 1. The van der Waals surface area contributed by atoms with E-state index in [-0.39, 0.29) is 40.6 Å². The van der Waals surface area contributed by atoms with Crippen molar-refractivity contribution in [1.29, 1.82) is 5.41 Å². The molecule has 1 aliphatic heterocycles. The van der Waals surface area contributed by atoms with Crippen LogP contribution in [0.15, 0.2) is 23.2 Å². The van der Waals surface area contributed by atoms with Gasteiger partial charge in [0, 0.05) is 24.0 Å². The van der Waals surface area contributed by atoms with Gasteiger partial charge >= 0.3 is 5.97 Å². The van der Waals surface area contributed by atoms with Gasteiger partial charge in [-0.3, -0.25) is 29.1 Å². The zero-order chi connectivity index (χ0) is 26.2. The Hall–Kier alpha value is -3.11. The molecule has 0 radical (unpaired) electrons. The molecule has 17 heteroatoms. The summed E-state index contributed by atoms with van der Waals surface area (Å²) in [6.07, 6.45) is -0.638. The van der Waals surface area contributed by atoms with Gasteiger partial charge in [0.2, 0.25) is 0 Å². The minimum Gasteiger partial charge on any atom is -0.330 e. The van der Waals surface area contributed by atoms with E-state index in [4.69, 9.17) is 9.96 Å². The number of hydrogen-bond donors (Lipinski definition) is 2. The Balaban J connectivity index is 1.72. The van der Waals surface area contributed by atoms with Gasteiger partial charge in [-0.1, -0.05) is 21.6 Å². The van der Waals surface area contributed by atoms with Gasteiger partial charge < -0.3 is 4.84 Å². The Morgan fingerprint density at radius 1 is 1.29 bits per heavy atom. The number of benzene rings is 1. The highest BCUT2D eigenvalue weighted by atomic mass is 33.1. The summed E-state index contributed by atoms with van der Waals surface area (Å²) in [5.74, 6) is -3.14. The van der Waals surface area contributed by atoms with Gasteiger partial charge in [0.1, 0.15) is 0 Å². The molecule has 14 nitrogen and oxygen atoms in total. The fourth-order valence-corrected chi connectivity index (χ4v) is 5.53. The smallest absolute Gasteiger partial charge is 0.330 e. The maximum atomic E-state index is 12.4. The summed E-state index contributed by atoms with van der Waals surface area (Å²) in [5, 5.41) is 16.0. The summed E-state index contributed by atoms with van der Waals surface area (Å²) in [7, 11) is -2.25. The normalized spacial score (nSPS) is 15.6. The average Bonchev–Trinajstić information content (AvgIpc) is 3.07. The lowest BCUT2D eigenvalue weighted by Gasteiger charge is -2.13. The molecule has 1 heterocycles. The average molecular weight is 547 g/mol. The van der Waals surface area contributed by atoms with Crippen molar-refractivity contribution in [3.8, 4) is 0 Å². The number of ketones is 1. The topological polar surface area (TPSA) is 214 Å². The highest BCUT2D eigenvalue weighted by molar-refractivity contribution is 8.76. The third-order valence-electron chi connectivity index (χ3n) is 4.38. The Bertz CT molecular complexity index is 1200. The highest BCUT2D eigenvalue weighted by Crippen LogP contribution is 2.28. The van der Waals surface area contributed by atoms with Crippen molar-refractivity contribution >= 4 is 72.7 Å². The van der Waals surface area contributed by atoms with Crippen molar-refractivity contribution in [3.05, 3.63) is 33.9 Å². The van der Waals surface area contributed by atoms with Gasteiger partial charge in [0.05, 0.1) is 35.0 Å². The summed E-state index contributed by atoms with van der Waals surface area (Å²) in [5.41, 5.74) is -0.289. The fourth-order valence-electron chi connectivity index (χ4n) is 2.77. The molecule has 2 amide bonds. The van der Waals surface area contributed by atoms with Crippen LogP contribution in [-0.4, -0.2) is 69.3 Å². The molecule has 2 rings (SSSR count). The number of Topliss-reactive ketones (excluding diaryl/α,β-unsaturated/α-hetero) is 1. The van der Waals surface area contributed by atoms with Crippen LogP contribution >= 0.6 is 21.6 Å². The maximum absolute atomic E-state index is 12.4. The van der Waals surface area contributed by atoms with Crippen LogP contribution in [0.2, 0.25) is 0 Å². The van der Waals surface area contributed by atoms with Crippen molar-refractivity contribution < 1.29 is 41.9 Å². The lowest BCUT2D eigenvalue weighted by molar-refractivity contribution is -0.385. The third kappa shape index (κ3) is 7.97. The Kier molecular flexibility index (Phi) is 10.1. The number of amides is 2. The molecule has 0 spiro atoms. The number of nitrogens with zero attached hydrogens (tertiary/aromatic N) is 3. The molecule has 0 aliphatic carbocycles. The molecule has 0 aromatic heterocycles. The number of aliphatic imine (C=N–C) groups is 1. The van der Waals surface area contributed by atoms with Crippen LogP contribution in [0.4, 0.5) is 11.4 Å². The molecule has 1 saturated heterocycles. The first-order chi connectivity index (χ1) is 16.5. The second-order valence-corrected chi connectivity index (χ2v) is 11.1. The van der Waals surface area contributed by atoms with Crippen LogP contribution in [-0.2, 0) is 29.3 Å². The summed E-state index contributed by atoms with van der Waals surface area (Å²) in [6.45, 7) is 0. The minimum atomic E-state index is -4.80. The lowest BCUT2D eigenvalue weighted by atomic mass is 10.0. The summed E-state index contributed by atoms with van der Waals surface area (Å²) in [6, 6.07) is 5.46. The van der Waals surface area contributed by atoms with E-state index in [1.807, 2.05) is 0 Å². The number of rotatable bonds is 13. The minimum absolute atomic E-state index is 0.0162. The van der Waals surface area contributed by atoms with Gasteiger partial charge in [0.15, 0.2) is 11.0 Å². The summed E-state index contributed by atoms with van der Waals surface area (Å²) < 4.78 is 31.1. The van der Waals surface area contributed by atoms with Crippen molar-refractivity contribution in [1.82, 2.24) is 5.06 Å². The number of carbonyl (C=O) groups is 4. The number of nitro groups is 1. The first-order valence-electron chi connectivity index (χ1n) is 9.68. The molecule has 1 aromatic carbocycles. The molecule has 0 bridgehead atoms. The quantitative estimate of drug-likeness (QED) is 0.0532. The lowest BCUT2D eigenvalue weighted by Crippen LogP contribution is -2.36. The SMILES string of the molecule is N=C=Nc1ccc([N+](=O)[O-])c(C(=O)CCCSSCCC(=O)ON2C(=O)CC(S(=O)(=O)O)C2=O)c1. The van der Waals surface area contributed by atoms with E-state index in [0.717, 1.165) is 6.07 Å². The molecular formula is C18H18N4O10S3. The molecule has 35 heavy (non-hydrogen) atoms. The summed E-state index contributed by atoms with van der Waals surface area (Å²) in [4.78, 5) is 66.3. The van der Waals surface area contributed by atoms with Crippen LogP contribution < -0.4 is 0 Å². The molecule has 2 N–H and O–H groups in total. The maximum Gasteiger partial charge on any atom is 0.334 e. The van der Waals surface area contributed by atoms with Crippen LogP contribution in [0.5, 0.6) is 0 Å². The van der Waals surface area contributed by atoms with E-state index in [9.17, 15) is 37.7 Å². The number of nitrogens with one attached hydrogen (secondary N) is 1. The molecule has 1 aromatic rings. The van der Waals surface area contributed by atoms with Crippen LogP contribution in [0.1, 0.15) is 36.0 Å². The van der Waals surface area contributed by atoms with E-state index in [1.54, 1.807) is 6.01 Å². The first kappa shape index (κ1) is 28.1. The number of hydrogen-bond acceptors (Lipinski definition) is 13.